The zero-order valence-electron chi connectivity index (χ0n) is 14.4. The highest BCUT2D eigenvalue weighted by atomic mass is 16.2. The molecule has 2 aromatic heterocycles. The van der Waals surface area contributed by atoms with E-state index in [9.17, 15) is 9.59 Å². The van der Waals surface area contributed by atoms with Crippen LogP contribution >= 0.6 is 0 Å². The summed E-state index contributed by atoms with van der Waals surface area (Å²) in [6.45, 7) is 7.91. The highest BCUT2D eigenvalue weighted by Gasteiger charge is 2.20. The van der Waals surface area contributed by atoms with Crippen molar-refractivity contribution in [2.24, 2.45) is 0 Å². The van der Waals surface area contributed by atoms with Gasteiger partial charge in [-0.3, -0.25) is 14.3 Å². The second-order valence-corrected chi connectivity index (χ2v) is 6.34. The van der Waals surface area contributed by atoms with Crippen LogP contribution in [0.2, 0.25) is 0 Å². The third-order valence-corrected chi connectivity index (χ3v) is 4.48. The number of hydrogen-bond donors (Lipinski definition) is 1. The van der Waals surface area contributed by atoms with E-state index in [1.807, 2.05) is 23.4 Å². The highest BCUT2D eigenvalue weighted by Crippen LogP contribution is 2.23. The summed E-state index contributed by atoms with van der Waals surface area (Å²) < 4.78 is 1.83. The van der Waals surface area contributed by atoms with Gasteiger partial charge < -0.3 is 9.88 Å². The molecule has 1 amide bonds. The summed E-state index contributed by atoms with van der Waals surface area (Å²) in [7, 11) is 0. The van der Waals surface area contributed by atoms with Crippen molar-refractivity contribution in [1.82, 2.24) is 24.6 Å². The third-order valence-electron chi connectivity index (χ3n) is 4.48. The zero-order valence-corrected chi connectivity index (χ0v) is 14.4. The predicted molar refractivity (Wildman–Crippen MR) is 90.7 cm³/mol. The Morgan fingerprint density at radius 1 is 1.25 bits per heavy atom. The van der Waals surface area contributed by atoms with E-state index in [0.717, 1.165) is 42.9 Å². The van der Waals surface area contributed by atoms with Crippen molar-refractivity contribution >= 4 is 5.91 Å². The fraction of sp³-hybridized carbons (Fsp3) is 0.529. The molecular formula is C17H23N5O2. The van der Waals surface area contributed by atoms with E-state index >= 15 is 0 Å². The molecule has 24 heavy (non-hydrogen) atoms. The first-order chi connectivity index (χ1) is 11.5. The van der Waals surface area contributed by atoms with Gasteiger partial charge in [-0.2, -0.15) is 5.10 Å². The number of amides is 1. The molecule has 1 fully saturated rings. The van der Waals surface area contributed by atoms with Crippen LogP contribution in [0.1, 0.15) is 36.3 Å². The second kappa shape index (κ2) is 6.59. The highest BCUT2D eigenvalue weighted by molar-refractivity contribution is 5.76. The molecule has 7 nitrogen and oxygen atoms in total. The number of H-pyrrole nitrogens is 1. The molecule has 0 bridgehead atoms. The van der Waals surface area contributed by atoms with E-state index in [1.54, 1.807) is 6.92 Å². The molecular weight excluding hydrogens is 306 g/mol. The van der Waals surface area contributed by atoms with Gasteiger partial charge in [0.1, 0.15) is 5.82 Å². The first kappa shape index (κ1) is 16.4. The average Bonchev–Trinajstić information content (AvgIpc) is 3.12. The van der Waals surface area contributed by atoms with E-state index in [2.05, 4.69) is 15.1 Å². The summed E-state index contributed by atoms with van der Waals surface area (Å²) in [5, 5.41) is 4.53. The number of aryl methyl sites for hydroxylation is 3. The summed E-state index contributed by atoms with van der Waals surface area (Å²) in [6, 6.07) is 1.47. The van der Waals surface area contributed by atoms with E-state index in [-0.39, 0.29) is 11.5 Å². The largest absolute Gasteiger partial charge is 0.343 e. The first-order valence-electron chi connectivity index (χ1n) is 8.36. The number of likely N-dealkylation sites (tertiary alicyclic amines) is 1. The molecule has 0 unspecified atom stereocenters. The first-order valence-corrected chi connectivity index (χ1v) is 8.36. The maximum absolute atomic E-state index is 12.2. The standard InChI is InChI=1S/C17H23N5O2/c1-11-10-14(23)19-17(18-11)16-12(2)20-22(13(16)3)9-6-15(24)21-7-4-5-8-21/h10H,4-9H2,1-3H3,(H,18,19,23). The number of carbonyl (C=O) groups excluding carboxylic acids is 1. The number of hydrogen-bond acceptors (Lipinski definition) is 4. The molecule has 1 aliphatic rings. The van der Waals surface area contributed by atoms with Gasteiger partial charge in [0.05, 0.1) is 11.3 Å². The van der Waals surface area contributed by atoms with Gasteiger partial charge in [0.15, 0.2) is 0 Å². The molecule has 0 aliphatic carbocycles. The lowest BCUT2D eigenvalue weighted by atomic mass is 10.2. The minimum absolute atomic E-state index is 0.173. The van der Waals surface area contributed by atoms with Crippen LogP contribution in [0.3, 0.4) is 0 Å². The van der Waals surface area contributed by atoms with Crippen molar-refractivity contribution in [2.45, 2.75) is 46.6 Å². The van der Waals surface area contributed by atoms with Crippen LogP contribution < -0.4 is 5.56 Å². The summed E-state index contributed by atoms with van der Waals surface area (Å²) in [4.78, 5) is 33.0. The minimum Gasteiger partial charge on any atom is -0.343 e. The van der Waals surface area contributed by atoms with Crippen molar-refractivity contribution in [3.8, 4) is 11.4 Å². The summed E-state index contributed by atoms with van der Waals surface area (Å²) in [5.74, 6) is 0.718. The SMILES string of the molecule is Cc1cc(=O)[nH]c(-c2c(C)nn(CCC(=O)N3CCCC3)c2C)n1. The maximum atomic E-state index is 12.2. The van der Waals surface area contributed by atoms with Gasteiger partial charge in [0.2, 0.25) is 5.91 Å². The Hall–Kier alpha value is -2.44. The Labute approximate surface area is 140 Å². The number of nitrogens with zero attached hydrogens (tertiary/aromatic N) is 4. The summed E-state index contributed by atoms with van der Waals surface area (Å²) in [5.41, 5.74) is 3.05. The molecule has 7 heteroatoms. The quantitative estimate of drug-likeness (QED) is 0.923. The molecule has 2 aromatic rings. The van der Waals surface area contributed by atoms with Gasteiger partial charge in [-0.25, -0.2) is 4.98 Å². The summed E-state index contributed by atoms with van der Waals surface area (Å²) >= 11 is 0. The number of aromatic nitrogens is 4. The lowest BCUT2D eigenvalue weighted by molar-refractivity contribution is -0.130. The van der Waals surface area contributed by atoms with E-state index < -0.39 is 0 Å². The Kier molecular flexibility index (Phi) is 4.51. The molecule has 0 aromatic carbocycles. The summed E-state index contributed by atoms with van der Waals surface area (Å²) in [6.07, 6.45) is 2.64. The topological polar surface area (TPSA) is 83.9 Å². The van der Waals surface area contributed by atoms with Crippen molar-refractivity contribution < 1.29 is 4.79 Å². The molecule has 128 valence electrons. The van der Waals surface area contributed by atoms with Gasteiger partial charge in [0, 0.05) is 43.5 Å². The maximum Gasteiger partial charge on any atom is 0.251 e. The van der Waals surface area contributed by atoms with Crippen LogP contribution in [0.4, 0.5) is 0 Å². The van der Waals surface area contributed by atoms with Crippen LogP contribution in [-0.2, 0) is 11.3 Å². The van der Waals surface area contributed by atoms with Crippen molar-refractivity contribution in [2.75, 3.05) is 13.1 Å². The monoisotopic (exact) mass is 329 g/mol. The molecule has 0 saturated carbocycles. The van der Waals surface area contributed by atoms with E-state index in [4.69, 9.17) is 0 Å². The van der Waals surface area contributed by atoms with Crippen LogP contribution in [-0.4, -0.2) is 43.6 Å². The normalized spacial score (nSPS) is 14.4. The molecule has 1 saturated heterocycles. The number of carbonyl (C=O) groups is 1. The van der Waals surface area contributed by atoms with Crippen LogP contribution in [0.15, 0.2) is 10.9 Å². The lowest BCUT2D eigenvalue weighted by Crippen LogP contribution is -2.28. The van der Waals surface area contributed by atoms with E-state index in [1.165, 1.54) is 6.07 Å². The molecule has 0 spiro atoms. The molecule has 1 aliphatic heterocycles. The lowest BCUT2D eigenvalue weighted by Gasteiger charge is -2.15. The van der Waals surface area contributed by atoms with Crippen LogP contribution in [0.5, 0.6) is 0 Å². The Balaban J connectivity index is 1.81. The van der Waals surface area contributed by atoms with Crippen molar-refractivity contribution in [1.29, 1.82) is 0 Å². The molecule has 0 radical (unpaired) electrons. The van der Waals surface area contributed by atoms with Crippen LogP contribution in [0, 0.1) is 20.8 Å². The average molecular weight is 329 g/mol. The fourth-order valence-electron chi connectivity index (χ4n) is 3.28. The Morgan fingerprint density at radius 3 is 2.62 bits per heavy atom. The zero-order chi connectivity index (χ0) is 17.3. The Bertz CT molecular complexity index is 815. The van der Waals surface area contributed by atoms with Gasteiger partial charge in [-0.15, -0.1) is 0 Å². The molecule has 3 heterocycles. The minimum atomic E-state index is -0.173. The number of aromatic amines is 1. The van der Waals surface area contributed by atoms with Gasteiger partial charge in [-0.1, -0.05) is 0 Å². The molecule has 1 N–H and O–H groups in total. The third kappa shape index (κ3) is 3.25. The number of nitrogens with one attached hydrogen (secondary N) is 1. The molecule has 0 atom stereocenters. The van der Waals surface area contributed by atoms with E-state index in [0.29, 0.717) is 24.5 Å². The number of rotatable bonds is 4. The van der Waals surface area contributed by atoms with Crippen LogP contribution in [0.25, 0.3) is 11.4 Å². The predicted octanol–water partition coefficient (Wildman–Crippen LogP) is 1.57. The smallest absolute Gasteiger partial charge is 0.251 e. The molecule has 3 rings (SSSR count). The van der Waals surface area contributed by atoms with Gasteiger partial charge >= 0.3 is 0 Å². The second-order valence-electron chi connectivity index (χ2n) is 6.34. The van der Waals surface area contributed by atoms with Crippen molar-refractivity contribution in [3.63, 3.8) is 0 Å². The fourth-order valence-corrected chi connectivity index (χ4v) is 3.28. The van der Waals surface area contributed by atoms with Crippen molar-refractivity contribution in [3.05, 3.63) is 33.5 Å². The van der Waals surface area contributed by atoms with Gasteiger partial charge in [0.25, 0.3) is 5.56 Å². The van der Waals surface area contributed by atoms with Gasteiger partial charge in [-0.05, 0) is 33.6 Å². The Morgan fingerprint density at radius 2 is 1.96 bits per heavy atom.